The van der Waals surface area contributed by atoms with Gasteiger partial charge < -0.3 is 14.6 Å². The summed E-state index contributed by atoms with van der Waals surface area (Å²) in [5, 5.41) is 10.3. The van der Waals surface area contributed by atoms with Crippen LogP contribution in [-0.2, 0) is 9.53 Å². The summed E-state index contributed by atoms with van der Waals surface area (Å²) in [5.41, 5.74) is 0.713. The van der Waals surface area contributed by atoms with E-state index in [2.05, 4.69) is 0 Å². The van der Waals surface area contributed by atoms with Crippen molar-refractivity contribution in [2.24, 2.45) is 5.92 Å². The van der Waals surface area contributed by atoms with Crippen LogP contribution in [0.5, 0.6) is 11.5 Å². The lowest BCUT2D eigenvalue weighted by Gasteiger charge is -2.19. The standard InChI is InChI=1S/C21H24O5/c1-25-17-12-15-6-3-2-4-8-16(22)11-10-14-7-5-9-19(14)26-21(24)20(15)18(23)13-17/h3,6,10-14,19,23H,2,4-5,7-9H2,1H3/b6-3+,11-10-/t14-,19?/m0/s1. The molecule has 0 spiro atoms. The van der Waals surface area contributed by atoms with E-state index >= 15 is 0 Å². The number of carbonyl (C=O) groups excluding carboxylic acids is 2. The molecule has 1 heterocycles. The largest absolute Gasteiger partial charge is 0.507 e. The van der Waals surface area contributed by atoms with Crippen LogP contribution in [0, 0.1) is 5.92 Å². The Morgan fingerprint density at radius 3 is 2.81 bits per heavy atom. The first-order valence-corrected chi connectivity index (χ1v) is 9.08. The van der Waals surface area contributed by atoms with Crippen LogP contribution >= 0.6 is 0 Å². The van der Waals surface area contributed by atoms with E-state index in [1.807, 2.05) is 12.2 Å². The third kappa shape index (κ3) is 4.15. The fraction of sp³-hybridized carbons (Fsp3) is 0.429. The molecular weight excluding hydrogens is 332 g/mol. The molecule has 26 heavy (non-hydrogen) atoms. The van der Waals surface area contributed by atoms with E-state index in [9.17, 15) is 14.7 Å². The van der Waals surface area contributed by atoms with Gasteiger partial charge in [-0.25, -0.2) is 4.79 Å². The van der Waals surface area contributed by atoms with E-state index in [0.717, 1.165) is 25.7 Å². The second kappa shape index (κ2) is 8.21. The SMILES string of the molecule is COc1cc(O)c2c(c1)/C=C/CCCC(=O)/C=C\[C@@H]1CCCC1OC2=O. The number of fused-ring (bicyclic) bond motifs is 2. The number of esters is 1. The van der Waals surface area contributed by atoms with Gasteiger partial charge in [-0.05, 0) is 49.8 Å². The Bertz CT molecular complexity index is 747. The maximum atomic E-state index is 12.8. The van der Waals surface area contributed by atoms with Gasteiger partial charge in [0, 0.05) is 18.4 Å². The van der Waals surface area contributed by atoms with Gasteiger partial charge in [0.15, 0.2) is 5.78 Å². The van der Waals surface area contributed by atoms with Gasteiger partial charge in [-0.2, -0.15) is 0 Å². The number of phenolic OH excluding ortho intramolecular Hbond substituents is 1. The maximum Gasteiger partial charge on any atom is 0.342 e. The molecule has 2 aliphatic rings. The Morgan fingerprint density at radius 2 is 2.00 bits per heavy atom. The number of allylic oxidation sites excluding steroid dienone is 2. The van der Waals surface area contributed by atoms with Crippen LogP contribution in [0.2, 0.25) is 0 Å². The Morgan fingerprint density at radius 1 is 1.15 bits per heavy atom. The molecule has 1 N–H and O–H groups in total. The summed E-state index contributed by atoms with van der Waals surface area (Å²) in [6, 6.07) is 3.12. The number of ketones is 1. The summed E-state index contributed by atoms with van der Waals surface area (Å²) in [6.45, 7) is 0. The third-order valence-electron chi connectivity index (χ3n) is 4.94. The monoisotopic (exact) mass is 356 g/mol. The number of benzene rings is 1. The summed E-state index contributed by atoms with van der Waals surface area (Å²) in [4.78, 5) is 24.7. The van der Waals surface area contributed by atoms with Crippen molar-refractivity contribution in [1.82, 2.24) is 0 Å². The minimum atomic E-state index is -0.543. The lowest BCUT2D eigenvalue weighted by Crippen LogP contribution is -2.22. The minimum Gasteiger partial charge on any atom is -0.507 e. The van der Waals surface area contributed by atoms with Crippen LogP contribution in [0.15, 0.2) is 30.4 Å². The molecular formula is C21H24O5. The molecule has 138 valence electrons. The van der Waals surface area contributed by atoms with Gasteiger partial charge in [0.1, 0.15) is 23.2 Å². The fourth-order valence-electron chi connectivity index (χ4n) is 3.53. The zero-order chi connectivity index (χ0) is 18.5. The molecule has 1 fully saturated rings. The molecule has 0 bridgehead atoms. The number of ether oxygens (including phenoxy) is 2. The molecule has 1 aromatic rings. The summed E-state index contributed by atoms with van der Waals surface area (Å²) in [5.74, 6) is -0.0751. The molecule has 3 rings (SSSR count). The van der Waals surface area contributed by atoms with E-state index in [1.165, 1.54) is 13.2 Å². The second-order valence-corrected chi connectivity index (χ2v) is 6.77. The molecule has 0 radical (unpaired) electrons. The Hall–Kier alpha value is -2.56. The Labute approximate surface area is 153 Å². The van der Waals surface area contributed by atoms with Gasteiger partial charge in [-0.15, -0.1) is 0 Å². The number of carbonyl (C=O) groups is 2. The zero-order valence-corrected chi connectivity index (χ0v) is 14.9. The molecule has 1 saturated carbocycles. The minimum absolute atomic E-state index is 0.0465. The normalized spacial score (nSPS) is 26.2. The third-order valence-corrected chi connectivity index (χ3v) is 4.94. The molecule has 0 amide bonds. The van der Waals surface area contributed by atoms with Crippen molar-refractivity contribution in [3.63, 3.8) is 0 Å². The Kier molecular flexibility index (Phi) is 5.76. The van der Waals surface area contributed by atoms with Crippen molar-refractivity contribution in [2.75, 3.05) is 7.11 Å². The van der Waals surface area contributed by atoms with Crippen LogP contribution in [0.3, 0.4) is 0 Å². The summed E-state index contributed by atoms with van der Waals surface area (Å²) < 4.78 is 10.9. The smallest absolute Gasteiger partial charge is 0.342 e. The number of rotatable bonds is 1. The molecule has 0 aromatic heterocycles. The number of aromatic hydroxyl groups is 1. The average Bonchev–Trinajstić information content (AvgIpc) is 3.05. The molecule has 5 nitrogen and oxygen atoms in total. The summed E-state index contributed by atoms with van der Waals surface area (Å²) in [7, 11) is 1.51. The van der Waals surface area contributed by atoms with Crippen molar-refractivity contribution in [1.29, 1.82) is 0 Å². The van der Waals surface area contributed by atoms with E-state index in [4.69, 9.17) is 9.47 Å². The van der Waals surface area contributed by atoms with Crippen molar-refractivity contribution >= 4 is 17.8 Å². The molecule has 5 heteroatoms. The van der Waals surface area contributed by atoms with Gasteiger partial charge in [-0.3, -0.25) is 4.79 Å². The molecule has 1 aliphatic carbocycles. The maximum absolute atomic E-state index is 12.8. The van der Waals surface area contributed by atoms with Crippen molar-refractivity contribution < 1.29 is 24.2 Å². The Balaban J connectivity index is 1.97. The number of phenols is 1. The first-order chi connectivity index (χ1) is 12.6. The highest BCUT2D eigenvalue weighted by Crippen LogP contribution is 2.34. The number of hydrogen-bond acceptors (Lipinski definition) is 5. The highest BCUT2D eigenvalue weighted by Gasteiger charge is 2.30. The molecule has 1 aliphatic heterocycles. The van der Waals surface area contributed by atoms with E-state index in [-0.39, 0.29) is 29.1 Å². The van der Waals surface area contributed by atoms with Gasteiger partial charge in [0.05, 0.1) is 7.11 Å². The highest BCUT2D eigenvalue weighted by atomic mass is 16.5. The number of hydrogen-bond donors (Lipinski definition) is 1. The predicted octanol–water partition coefficient (Wildman–Crippen LogP) is 4.05. The van der Waals surface area contributed by atoms with Crippen LogP contribution < -0.4 is 4.74 Å². The van der Waals surface area contributed by atoms with Gasteiger partial charge >= 0.3 is 5.97 Å². The van der Waals surface area contributed by atoms with Gasteiger partial charge in [0.25, 0.3) is 0 Å². The topological polar surface area (TPSA) is 72.8 Å². The lowest BCUT2D eigenvalue weighted by atomic mass is 10.0. The van der Waals surface area contributed by atoms with Gasteiger partial charge in [0.2, 0.25) is 0 Å². The summed E-state index contributed by atoms with van der Waals surface area (Å²) >= 11 is 0. The first-order valence-electron chi connectivity index (χ1n) is 9.08. The predicted molar refractivity (Wildman–Crippen MR) is 98.2 cm³/mol. The molecule has 1 unspecified atom stereocenters. The molecule has 1 aromatic carbocycles. The lowest BCUT2D eigenvalue weighted by molar-refractivity contribution is -0.114. The highest BCUT2D eigenvalue weighted by molar-refractivity contribution is 5.97. The molecule has 0 saturated heterocycles. The van der Waals surface area contributed by atoms with E-state index < -0.39 is 5.97 Å². The van der Waals surface area contributed by atoms with Gasteiger partial charge in [-0.1, -0.05) is 18.2 Å². The van der Waals surface area contributed by atoms with Crippen molar-refractivity contribution in [3.05, 3.63) is 41.5 Å². The fourth-order valence-corrected chi connectivity index (χ4v) is 3.53. The molecule has 2 atom stereocenters. The van der Waals surface area contributed by atoms with Crippen LogP contribution in [0.25, 0.3) is 6.08 Å². The quantitative estimate of drug-likeness (QED) is 0.769. The van der Waals surface area contributed by atoms with Crippen molar-refractivity contribution in [2.45, 2.75) is 44.6 Å². The zero-order valence-electron chi connectivity index (χ0n) is 14.9. The van der Waals surface area contributed by atoms with Crippen LogP contribution in [0.1, 0.15) is 54.4 Å². The van der Waals surface area contributed by atoms with E-state index in [0.29, 0.717) is 24.2 Å². The summed E-state index contributed by atoms with van der Waals surface area (Å²) in [6.07, 6.45) is 11.4. The van der Waals surface area contributed by atoms with Crippen molar-refractivity contribution in [3.8, 4) is 11.5 Å². The van der Waals surface area contributed by atoms with Crippen LogP contribution in [-0.4, -0.2) is 30.1 Å². The first kappa shape index (κ1) is 18.2. The second-order valence-electron chi connectivity index (χ2n) is 6.77. The number of methoxy groups -OCH3 is 1. The van der Waals surface area contributed by atoms with E-state index in [1.54, 1.807) is 18.2 Å². The average molecular weight is 356 g/mol. The van der Waals surface area contributed by atoms with Crippen LogP contribution in [0.4, 0.5) is 0 Å².